The summed E-state index contributed by atoms with van der Waals surface area (Å²) in [7, 11) is 0. The van der Waals surface area contributed by atoms with E-state index >= 15 is 0 Å². The highest BCUT2D eigenvalue weighted by Gasteiger charge is 2.02. The summed E-state index contributed by atoms with van der Waals surface area (Å²) in [6, 6.07) is 3.99. The summed E-state index contributed by atoms with van der Waals surface area (Å²) in [6.07, 6.45) is 3.74. The van der Waals surface area contributed by atoms with Crippen LogP contribution in [0.2, 0.25) is 0 Å². The molecule has 0 spiro atoms. The topological polar surface area (TPSA) is 51.8 Å². The van der Waals surface area contributed by atoms with Crippen molar-refractivity contribution in [3.05, 3.63) is 23.3 Å². The van der Waals surface area contributed by atoms with E-state index in [0.717, 1.165) is 34.7 Å². The molecule has 0 aromatic carbocycles. The maximum absolute atomic E-state index is 5.43. The molecule has 0 unspecified atom stereocenters. The van der Waals surface area contributed by atoms with Gasteiger partial charge >= 0.3 is 0 Å². The Hall–Kier alpha value is -1.000. The van der Waals surface area contributed by atoms with Gasteiger partial charge in [0, 0.05) is 12.6 Å². The molecule has 13 heavy (non-hydrogen) atoms. The first-order chi connectivity index (χ1) is 6.40. The van der Waals surface area contributed by atoms with Gasteiger partial charge in [-0.15, -0.1) is 11.3 Å². The van der Waals surface area contributed by atoms with Crippen LogP contribution in [0.15, 0.2) is 18.3 Å². The zero-order valence-corrected chi connectivity index (χ0v) is 8.05. The van der Waals surface area contributed by atoms with Crippen molar-refractivity contribution >= 4 is 21.7 Å². The van der Waals surface area contributed by atoms with Gasteiger partial charge in [0.25, 0.3) is 0 Å². The molecular formula is C9H11N3S. The van der Waals surface area contributed by atoms with Crippen LogP contribution in [-0.4, -0.2) is 16.5 Å². The zero-order chi connectivity index (χ0) is 9.10. The van der Waals surface area contributed by atoms with Gasteiger partial charge in [-0.05, 0) is 25.1 Å². The Balaban J connectivity index is 2.28. The van der Waals surface area contributed by atoms with E-state index < -0.39 is 0 Å². The smallest absolute Gasteiger partial charge is 0.170 e. The van der Waals surface area contributed by atoms with E-state index in [1.54, 1.807) is 17.5 Å². The quantitative estimate of drug-likeness (QED) is 0.805. The molecule has 0 aliphatic carbocycles. The molecule has 68 valence electrons. The fourth-order valence-electron chi connectivity index (χ4n) is 1.17. The van der Waals surface area contributed by atoms with Gasteiger partial charge in [-0.2, -0.15) is 0 Å². The van der Waals surface area contributed by atoms with Crippen LogP contribution in [0.4, 0.5) is 0 Å². The summed E-state index contributed by atoms with van der Waals surface area (Å²) in [5.74, 6) is 0. The highest BCUT2D eigenvalue weighted by Crippen LogP contribution is 2.20. The number of nitrogens with zero attached hydrogens (tertiary/aromatic N) is 2. The number of hydrogen-bond acceptors (Lipinski definition) is 4. The molecule has 4 heteroatoms. The van der Waals surface area contributed by atoms with Crippen LogP contribution in [-0.2, 0) is 6.42 Å². The van der Waals surface area contributed by atoms with Crippen molar-refractivity contribution in [2.75, 3.05) is 6.54 Å². The number of pyridine rings is 1. The molecule has 2 heterocycles. The first kappa shape index (κ1) is 8.59. The maximum Gasteiger partial charge on any atom is 0.170 e. The second kappa shape index (κ2) is 3.81. The van der Waals surface area contributed by atoms with Gasteiger partial charge in [0.15, 0.2) is 5.65 Å². The monoisotopic (exact) mass is 193 g/mol. The Bertz CT molecular complexity index is 363. The lowest BCUT2D eigenvalue weighted by atomic mass is 10.3. The molecule has 0 saturated heterocycles. The van der Waals surface area contributed by atoms with Crippen molar-refractivity contribution in [2.24, 2.45) is 5.73 Å². The lowest BCUT2D eigenvalue weighted by Crippen LogP contribution is -1.99. The second-order valence-electron chi connectivity index (χ2n) is 2.82. The van der Waals surface area contributed by atoms with Crippen LogP contribution >= 0.6 is 11.3 Å². The third-order valence-electron chi connectivity index (χ3n) is 1.80. The number of aromatic nitrogens is 2. The Morgan fingerprint density at radius 3 is 3.15 bits per heavy atom. The number of rotatable bonds is 3. The van der Waals surface area contributed by atoms with Crippen molar-refractivity contribution in [3.8, 4) is 0 Å². The van der Waals surface area contributed by atoms with Gasteiger partial charge in [-0.25, -0.2) is 9.97 Å². The first-order valence-corrected chi connectivity index (χ1v) is 5.12. The van der Waals surface area contributed by atoms with Crippen molar-refractivity contribution in [1.82, 2.24) is 9.97 Å². The number of hydrogen-bond donors (Lipinski definition) is 1. The molecule has 0 atom stereocenters. The SMILES string of the molecule is NCCCc1nc2ncccc2s1. The van der Waals surface area contributed by atoms with Crippen LogP contribution in [0.1, 0.15) is 11.4 Å². The molecule has 0 aliphatic heterocycles. The van der Waals surface area contributed by atoms with Crippen LogP contribution in [0.3, 0.4) is 0 Å². The number of fused-ring (bicyclic) bond motifs is 1. The van der Waals surface area contributed by atoms with Gasteiger partial charge in [-0.1, -0.05) is 0 Å². The van der Waals surface area contributed by atoms with Crippen molar-refractivity contribution in [2.45, 2.75) is 12.8 Å². The van der Waals surface area contributed by atoms with Gasteiger partial charge in [0.05, 0.1) is 9.71 Å². The summed E-state index contributed by atoms with van der Waals surface area (Å²) in [4.78, 5) is 8.58. The average Bonchev–Trinajstić information content (AvgIpc) is 2.57. The van der Waals surface area contributed by atoms with Gasteiger partial charge < -0.3 is 5.73 Å². The van der Waals surface area contributed by atoms with E-state index in [0.29, 0.717) is 0 Å². The Morgan fingerprint density at radius 1 is 1.46 bits per heavy atom. The van der Waals surface area contributed by atoms with Crippen molar-refractivity contribution in [1.29, 1.82) is 0 Å². The summed E-state index contributed by atoms with van der Waals surface area (Å²) >= 11 is 1.71. The average molecular weight is 193 g/mol. The predicted molar refractivity (Wildman–Crippen MR) is 54.8 cm³/mol. The Morgan fingerprint density at radius 2 is 2.38 bits per heavy atom. The molecule has 0 aliphatic rings. The first-order valence-electron chi connectivity index (χ1n) is 4.30. The third kappa shape index (κ3) is 1.84. The number of thiazole rings is 1. The van der Waals surface area contributed by atoms with E-state index in [1.165, 1.54) is 0 Å². The van der Waals surface area contributed by atoms with Crippen LogP contribution in [0.25, 0.3) is 10.3 Å². The normalized spacial score (nSPS) is 10.8. The standard InChI is InChI=1S/C9H11N3S/c10-5-1-4-8-12-9-7(13-8)3-2-6-11-9/h2-3,6H,1,4-5,10H2. The summed E-state index contributed by atoms with van der Waals surface area (Å²) in [5.41, 5.74) is 6.29. The lowest BCUT2D eigenvalue weighted by Gasteiger charge is -1.89. The molecule has 0 saturated carbocycles. The highest BCUT2D eigenvalue weighted by molar-refractivity contribution is 7.18. The van der Waals surface area contributed by atoms with Crippen LogP contribution in [0, 0.1) is 0 Å². The van der Waals surface area contributed by atoms with Gasteiger partial charge in [0.1, 0.15) is 0 Å². The van der Waals surface area contributed by atoms with Crippen LogP contribution < -0.4 is 5.73 Å². The summed E-state index contributed by atoms with van der Waals surface area (Å²) < 4.78 is 1.16. The number of aryl methyl sites for hydroxylation is 1. The molecule has 0 fully saturated rings. The van der Waals surface area contributed by atoms with E-state index in [4.69, 9.17) is 5.73 Å². The molecule has 2 aromatic rings. The van der Waals surface area contributed by atoms with Crippen molar-refractivity contribution in [3.63, 3.8) is 0 Å². The van der Waals surface area contributed by atoms with E-state index in [2.05, 4.69) is 9.97 Å². The van der Waals surface area contributed by atoms with E-state index in [1.807, 2.05) is 12.1 Å². The molecular weight excluding hydrogens is 182 g/mol. The van der Waals surface area contributed by atoms with E-state index in [9.17, 15) is 0 Å². The fourth-order valence-corrected chi connectivity index (χ4v) is 2.14. The van der Waals surface area contributed by atoms with E-state index in [-0.39, 0.29) is 0 Å². The summed E-state index contributed by atoms with van der Waals surface area (Å²) in [6.45, 7) is 0.726. The highest BCUT2D eigenvalue weighted by atomic mass is 32.1. The molecule has 2 aromatic heterocycles. The molecule has 0 radical (unpaired) electrons. The minimum atomic E-state index is 0.726. The van der Waals surface area contributed by atoms with Crippen molar-refractivity contribution < 1.29 is 0 Å². The molecule has 0 amide bonds. The molecule has 2 N–H and O–H groups in total. The zero-order valence-electron chi connectivity index (χ0n) is 7.23. The molecule has 2 rings (SSSR count). The van der Waals surface area contributed by atoms with Crippen LogP contribution in [0.5, 0.6) is 0 Å². The van der Waals surface area contributed by atoms with Gasteiger partial charge in [0.2, 0.25) is 0 Å². The Labute approximate surface area is 80.6 Å². The predicted octanol–water partition coefficient (Wildman–Crippen LogP) is 1.58. The summed E-state index contributed by atoms with van der Waals surface area (Å²) in [5, 5.41) is 1.14. The number of nitrogens with two attached hydrogens (primary N) is 1. The largest absolute Gasteiger partial charge is 0.330 e. The minimum absolute atomic E-state index is 0.726. The third-order valence-corrected chi connectivity index (χ3v) is 2.87. The fraction of sp³-hybridized carbons (Fsp3) is 0.333. The molecule has 3 nitrogen and oxygen atoms in total. The maximum atomic E-state index is 5.43. The Kier molecular flexibility index (Phi) is 2.52. The minimum Gasteiger partial charge on any atom is -0.330 e. The van der Waals surface area contributed by atoms with Gasteiger partial charge in [-0.3, -0.25) is 0 Å². The molecule has 0 bridgehead atoms. The second-order valence-corrected chi connectivity index (χ2v) is 3.94. The lowest BCUT2D eigenvalue weighted by molar-refractivity contribution is 0.827.